The summed E-state index contributed by atoms with van der Waals surface area (Å²) in [6.45, 7) is 4.73. The zero-order valence-electron chi connectivity index (χ0n) is 13.3. The standard InChI is InChI=1S/C19H28O2/c1-18-9-7-13(20)11-12(18)3-4-14-15-5-6-17(21)19(15,2)10-8-16(14)18/h3-4,13,15-17,20-21H,5-11H2,1-2H3/t13?,15-,16-,17+,18-,19-/m0/s1. The van der Waals surface area contributed by atoms with E-state index < -0.39 is 0 Å². The van der Waals surface area contributed by atoms with Crippen LogP contribution in [-0.4, -0.2) is 22.4 Å². The van der Waals surface area contributed by atoms with Gasteiger partial charge in [-0.15, -0.1) is 0 Å². The lowest BCUT2D eigenvalue weighted by Gasteiger charge is -2.54. The molecule has 2 nitrogen and oxygen atoms in total. The van der Waals surface area contributed by atoms with Gasteiger partial charge < -0.3 is 10.2 Å². The molecule has 4 aliphatic rings. The number of rotatable bonds is 0. The molecule has 4 aliphatic carbocycles. The predicted octanol–water partition coefficient (Wildman–Crippen LogP) is 3.59. The topological polar surface area (TPSA) is 40.5 Å². The molecule has 6 atom stereocenters. The molecule has 0 saturated heterocycles. The van der Waals surface area contributed by atoms with Crippen molar-refractivity contribution in [3.05, 3.63) is 23.3 Å². The fourth-order valence-corrected chi connectivity index (χ4v) is 5.96. The number of hydrogen-bond donors (Lipinski definition) is 2. The van der Waals surface area contributed by atoms with Gasteiger partial charge in [-0.05, 0) is 62.2 Å². The third-order valence-corrected chi connectivity index (χ3v) is 7.49. The van der Waals surface area contributed by atoms with E-state index in [9.17, 15) is 10.2 Å². The molecule has 1 unspecified atom stereocenters. The number of aliphatic hydroxyl groups is 2. The van der Waals surface area contributed by atoms with E-state index in [1.165, 1.54) is 12.0 Å². The van der Waals surface area contributed by atoms with Gasteiger partial charge in [0.15, 0.2) is 0 Å². The number of hydrogen-bond acceptors (Lipinski definition) is 2. The Hall–Kier alpha value is -0.600. The zero-order valence-corrected chi connectivity index (χ0v) is 13.3. The first kappa shape index (κ1) is 14.0. The SMILES string of the molecule is C[C@]12CC[C@H]3C(=CC=C4CC(O)CC[C@@]43C)[C@@H]1CC[C@H]2O. The Morgan fingerprint density at radius 2 is 1.76 bits per heavy atom. The molecule has 0 radical (unpaired) electrons. The predicted molar refractivity (Wildman–Crippen MR) is 83.7 cm³/mol. The Bertz CT molecular complexity index is 520. The second-order valence-electron chi connectivity index (χ2n) is 8.42. The van der Waals surface area contributed by atoms with Gasteiger partial charge in [0.25, 0.3) is 0 Å². The van der Waals surface area contributed by atoms with Crippen molar-refractivity contribution in [2.24, 2.45) is 22.7 Å². The van der Waals surface area contributed by atoms with Gasteiger partial charge in [0, 0.05) is 5.41 Å². The van der Waals surface area contributed by atoms with Crippen molar-refractivity contribution in [2.75, 3.05) is 0 Å². The largest absolute Gasteiger partial charge is 0.393 e. The monoisotopic (exact) mass is 288 g/mol. The van der Waals surface area contributed by atoms with Crippen LogP contribution in [0.1, 0.15) is 58.8 Å². The molecule has 0 aliphatic heterocycles. The van der Waals surface area contributed by atoms with E-state index in [1.54, 1.807) is 5.57 Å². The maximum atomic E-state index is 10.4. The molecule has 0 bridgehead atoms. The Morgan fingerprint density at radius 1 is 0.952 bits per heavy atom. The van der Waals surface area contributed by atoms with Gasteiger partial charge >= 0.3 is 0 Å². The van der Waals surface area contributed by atoms with E-state index >= 15 is 0 Å². The molecule has 0 amide bonds. The minimum Gasteiger partial charge on any atom is -0.393 e. The molecule has 0 heterocycles. The van der Waals surface area contributed by atoms with E-state index in [2.05, 4.69) is 26.0 Å². The maximum Gasteiger partial charge on any atom is 0.0599 e. The molecule has 116 valence electrons. The van der Waals surface area contributed by atoms with Crippen molar-refractivity contribution >= 4 is 0 Å². The van der Waals surface area contributed by atoms with E-state index in [-0.39, 0.29) is 23.0 Å². The minimum absolute atomic E-state index is 0.109. The van der Waals surface area contributed by atoms with Crippen LogP contribution in [0.25, 0.3) is 0 Å². The lowest BCUT2D eigenvalue weighted by Crippen LogP contribution is -2.46. The first-order valence-electron chi connectivity index (χ1n) is 8.72. The molecule has 3 saturated carbocycles. The average molecular weight is 288 g/mol. The van der Waals surface area contributed by atoms with Crippen molar-refractivity contribution < 1.29 is 10.2 Å². The van der Waals surface area contributed by atoms with Gasteiger partial charge in [-0.3, -0.25) is 0 Å². The van der Waals surface area contributed by atoms with E-state index in [4.69, 9.17) is 0 Å². The third-order valence-electron chi connectivity index (χ3n) is 7.49. The fraction of sp³-hybridized carbons (Fsp3) is 0.789. The van der Waals surface area contributed by atoms with Crippen LogP contribution in [0.15, 0.2) is 23.3 Å². The molecule has 0 aromatic rings. The highest BCUT2D eigenvalue weighted by atomic mass is 16.3. The first-order valence-corrected chi connectivity index (χ1v) is 8.72. The highest BCUT2D eigenvalue weighted by Gasteiger charge is 2.55. The second kappa shape index (κ2) is 4.45. The summed E-state index contributed by atoms with van der Waals surface area (Å²) in [6.07, 6.45) is 11.8. The fourth-order valence-electron chi connectivity index (χ4n) is 5.96. The summed E-state index contributed by atoms with van der Waals surface area (Å²) >= 11 is 0. The summed E-state index contributed by atoms with van der Waals surface area (Å²) in [5, 5.41) is 20.4. The molecule has 4 rings (SSSR count). The van der Waals surface area contributed by atoms with Gasteiger partial charge in [0.1, 0.15) is 0 Å². The average Bonchev–Trinajstić information content (AvgIpc) is 2.76. The normalized spacial score (nSPS) is 52.4. The number of fused-ring (bicyclic) bond motifs is 5. The van der Waals surface area contributed by atoms with E-state index in [0.29, 0.717) is 11.8 Å². The highest BCUT2D eigenvalue weighted by Crippen LogP contribution is 2.63. The van der Waals surface area contributed by atoms with E-state index in [0.717, 1.165) is 38.5 Å². The summed E-state index contributed by atoms with van der Waals surface area (Å²) in [7, 11) is 0. The Kier molecular flexibility index (Phi) is 2.97. The second-order valence-corrected chi connectivity index (χ2v) is 8.42. The number of aliphatic hydroxyl groups excluding tert-OH is 2. The van der Waals surface area contributed by atoms with Gasteiger partial charge in [-0.2, -0.15) is 0 Å². The third kappa shape index (κ3) is 1.78. The minimum atomic E-state index is -0.138. The molecule has 0 aromatic heterocycles. The van der Waals surface area contributed by atoms with Gasteiger partial charge in [0.2, 0.25) is 0 Å². The van der Waals surface area contributed by atoms with Crippen LogP contribution in [0.2, 0.25) is 0 Å². The molecule has 21 heavy (non-hydrogen) atoms. The molecule has 2 heteroatoms. The summed E-state index contributed by atoms with van der Waals surface area (Å²) in [4.78, 5) is 0. The Morgan fingerprint density at radius 3 is 2.57 bits per heavy atom. The molecular formula is C19H28O2. The molecular weight excluding hydrogens is 260 g/mol. The molecule has 0 aromatic carbocycles. The van der Waals surface area contributed by atoms with Crippen molar-refractivity contribution in [1.82, 2.24) is 0 Å². The summed E-state index contributed by atoms with van der Waals surface area (Å²) < 4.78 is 0. The van der Waals surface area contributed by atoms with Crippen LogP contribution in [0.3, 0.4) is 0 Å². The quantitative estimate of drug-likeness (QED) is 0.715. The van der Waals surface area contributed by atoms with Crippen LogP contribution in [0.5, 0.6) is 0 Å². The molecule has 2 N–H and O–H groups in total. The van der Waals surface area contributed by atoms with Gasteiger partial charge in [-0.25, -0.2) is 0 Å². The van der Waals surface area contributed by atoms with Crippen molar-refractivity contribution in [1.29, 1.82) is 0 Å². The lowest BCUT2D eigenvalue weighted by molar-refractivity contribution is 0.00143. The van der Waals surface area contributed by atoms with Crippen LogP contribution in [0.4, 0.5) is 0 Å². The lowest BCUT2D eigenvalue weighted by atomic mass is 9.51. The van der Waals surface area contributed by atoms with Crippen LogP contribution < -0.4 is 0 Å². The zero-order chi connectivity index (χ0) is 14.8. The first-order chi connectivity index (χ1) is 9.95. The Balaban J connectivity index is 1.74. The smallest absolute Gasteiger partial charge is 0.0599 e. The summed E-state index contributed by atoms with van der Waals surface area (Å²) in [6, 6.07) is 0. The van der Waals surface area contributed by atoms with Crippen LogP contribution in [-0.2, 0) is 0 Å². The molecule has 0 spiro atoms. The van der Waals surface area contributed by atoms with Gasteiger partial charge in [0.05, 0.1) is 12.2 Å². The Labute approximate surface area is 127 Å². The van der Waals surface area contributed by atoms with Gasteiger partial charge in [-0.1, -0.05) is 37.1 Å². The number of allylic oxidation sites excluding steroid dienone is 3. The van der Waals surface area contributed by atoms with Crippen molar-refractivity contribution in [3.63, 3.8) is 0 Å². The summed E-state index contributed by atoms with van der Waals surface area (Å²) in [5.41, 5.74) is 3.45. The maximum absolute atomic E-state index is 10.4. The summed E-state index contributed by atoms with van der Waals surface area (Å²) in [5.74, 6) is 1.22. The highest BCUT2D eigenvalue weighted by molar-refractivity contribution is 5.38. The van der Waals surface area contributed by atoms with Crippen LogP contribution in [0, 0.1) is 22.7 Å². The van der Waals surface area contributed by atoms with E-state index in [1.807, 2.05) is 0 Å². The van der Waals surface area contributed by atoms with Crippen LogP contribution >= 0.6 is 0 Å². The van der Waals surface area contributed by atoms with Crippen molar-refractivity contribution in [2.45, 2.75) is 71.0 Å². The van der Waals surface area contributed by atoms with Crippen molar-refractivity contribution in [3.8, 4) is 0 Å². The molecule has 3 fully saturated rings.